The molecule has 0 aliphatic carbocycles. The second-order valence-corrected chi connectivity index (χ2v) is 8.05. The van der Waals surface area contributed by atoms with Crippen molar-refractivity contribution >= 4 is 30.6 Å². The third-order valence-electron chi connectivity index (χ3n) is 2.03. The summed E-state index contributed by atoms with van der Waals surface area (Å²) in [5.74, 6) is 0. The first kappa shape index (κ1) is 15.7. The molecule has 0 atom stereocenters. The molecule has 18 heavy (non-hydrogen) atoms. The van der Waals surface area contributed by atoms with Crippen LogP contribution in [0.25, 0.3) is 0 Å². The van der Waals surface area contributed by atoms with Crippen LogP contribution >= 0.6 is 0 Å². The van der Waals surface area contributed by atoms with Crippen LogP contribution in [0.3, 0.4) is 0 Å². The predicted molar refractivity (Wildman–Crippen MR) is 59.4 cm³/mol. The Morgan fingerprint density at radius 2 is 0.722 bits per heavy atom. The summed E-state index contributed by atoms with van der Waals surface area (Å²) in [6, 6.07) is 0. The van der Waals surface area contributed by atoms with Crippen molar-refractivity contribution in [2.75, 3.05) is 20.0 Å². The van der Waals surface area contributed by atoms with E-state index in [1.54, 1.807) is 0 Å². The quantitative estimate of drug-likeness (QED) is 0.467. The minimum atomic E-state index is -4.30. The molecule has 0 saturated carbocycles. The number of nitrogens with zero attached hydrogens (tertiary/aromatic N) is 3. The Kier molecular flexibility index (Phi) is 4.02. The van der Waals surface area contributed by atoms with Gasteiger partial charge in [0, 0.05) is 0 Å². The average Bonchev–Trinajstić information content (AvgIpc) is 2.13. The summed E-state index contributed by atoms with van der Waals surface area (Å²) in [5.41, 5.74) is 0. The van der Waals surface area contributed by atoms with Crippen LogP contribution in [0.15, 0.2) is 0 Å². The van der Waals surface area contributed by atoms with E-state index in [2.05, 4.69) is 0 Å². The summed E-state index contributed by atoms with van der Waals surface area (Å²) in [6.07, 6.45) is 0. The first-order chi connectivity index (χ1) is 7.82. The van der Waals surface area contributed by atoms with Crippen LogP contribution in [-0.4, -0.2) is 58.2 Å². The average molecular weight is 324 g/mol. The third-order valence-corrected chi connectivity index (χ3v) is 4.88. The van der Waals surface area contributed by atoms with E-state index in [0.29, 0.717) is 12.9 Å². The number of hydrogen-bond acceptors (Lipinski definition) is 6. The molecule has 1 aliphatic rings. The summed E-state index contributed by atoms with van der Waals surface area (Å²) in [7, 11) is -12.9. The molecular formula is C3H12N6O6S3. The molecule has 108 valence electrons. The fourth-order valence-electron chi connectivity index (χ4n) is 1.14. The lowest BCUT2D eigenvalue weighted by Gasteiger charge is -2.37. The van der Waals surface area contributed by atoms with Crippen LogP contribution in [0.1, 0.15) is 0 Å². The van der Waals surface area contributed by atoms with E-state index in [9.17, 15) is 25.3 Å². The van der Waals surface area contributed by atoms with E-state index in [1.807, 2.05) is 0 Å². The van der Waals surface area contributed by atoms with E-state index >= 15 is 0 Å². The molecule has 1 saturated heterocycles. The molecule has 0 aromatic rings. The van der Waals surface area contributed by atoms with Crippen molar-refractivity contribution in [1.82, 2.24) is 12.9 Å². The van der Waals surface area contributed by atoms with Crippen LogP contribution in [0.2, 0.25) is 0 Å². The van der Waals surface area contributed by atoms with Gasteiger partial charge in [-0.25, -0.2) is 15.4 Å². The van der Waals surface area contributed by atoms with E-state index in [0.717, 1.165) is 0 Å². The second kappa shape index (κ2) is 4.62. The molecule has 1 aliphatic heterocycles. The minimum Gasteiger partial charge on any atom is -0.215 e. The molecule has 0 radical (unpaired) electrons. The van der Waals surface area contributed by atoms with Crippen molar-refractivity contribution in [1.29, 1.82) is 0 Å². The van der Waals surface area contributed by atoms with Gasteiger partial charge in [-0.1, -0.05) is 0 Å². The molecule has 0 spiro atoms. The van der Waals surface area contributed by atoms with Crippen molar-refractivity contribution in [3.05, 3.63) is 0 Å². The van der Waals surface area contributed by atoms with Crippen LogP contribution < -0.4 is 15.4 Å². The molecule has 12 nitrogen and oxygen atoms in total. The van der Waals surface area contributed by atoms with Gasteiger partial charge in [-0.2, -0.15) is 38.2 Å². The molecule has 0 unspecified atom stereocenters. The minimum absolute atomic E-state index is 0.394. The monoisotopic (exact) mass is 324 g/mol. The summed E-state index contributed by atoms with van der Waals surface area (Å²) in [4.78, 5) is 0. The van der Waals surface area contributed by atoms with Crippen LogP contribution in [-0.2, 0) is 30.6 Å². The molecule has 0 bridgehead atoms. The smallest absolute Gasteiger partial charge is 0.215 e. The van der Waals surface area contributed by atoms with Crippen molar-refractivity contribution in [2.24, 2.45) is 15.4 Å². The Labute approximate surface area is 104 Å². The molecule has 0 amide bonds. The highest BCUT2D eigenvalue weighted by atomic mass is 32.2. The van der Waals surface area contributed by atoms with Gasteiger partial charge in [0.15, 0.2) is 0 Å². The highest BCUT2D eigenvalue weighted by Crippen LogP contribution is 2.13. The lowest BCUT2D eigenvalue weighted by atomic mass is 10.8. The van der Waals surface area contributed by atoms with Gasteiger partial charge in [-0.3, -0.25) is 0 Å². The zero-order valence-electron chi connectivity index (χ0n) is 8.87. The van der Waals surface area contributed by atoms with Crippen LogP contribution in [0, 0.1) is 0 Å². The zero-order chi connectivity index (χ0) is 14.4. The molecule has 6 N–H and O–H groups in total. The summed E-state index contributed by atoms with van der Waals surface area (Å²) in [5, 5.41) is 14.4. The van der Waals surface area contributed by atoms with Crippen molar-refractivity contribution in [3.8, 4) is 0 Å². The Morgan fingerprint density at radius 3 is 0.833 bits per heavy atom. The van der Waals surface area contributed by atoms with Gasteiger partial charge in [0.1, 0.15) is 0 Å². The van der Waals surface area contributed by atoms with Crippen LogP contribution in [0.5, 0.6) is 0 Å². The van der Waals surface area contributed by atoms with Crippen molar-refractivity contribution in [2.45, 2.75) is 0 Å². The van der Waals surface area contributed by atoms with Crippen LogP contribution in [0.4, 0.5) is 0 Å². The molecular weight excluding hydrogens is 312 g/mol. The van der Waals surface area contributed by atoms with Gasteiger partial charge in [0.25, 0.3) is 30.6 Å². The third kappa shape index (κ3) is 3.80. The Balaban J connectivity index is 3.16. The molecule has 0 aromatic carbocycles. The summed E-state index contributed by atoms with van der Waals surface area (Å²) in [6.45, 7) is -2.07. The van der Waals surface area contributed by atoms with Gasteiger partial charge < -0.3 is 0 Å². The lowest BCUT2D eigenvalue weighted by Crippen LogP contribution is -2.62. The molecule has 1 fully saturated rings. The zero-order valence-corrected chi connectivity index (χ0v) is 11.3. The normalized spacial score (nSPS) is 22.2. The van der Waals surface area contributed by atoms with E-state index in [-0.39, 0.29) is 0 Å². The number of nitrogens with two attached hydrogens (primary N) is 3. The van der Waals surface area contributed by atoms with Gasteiger partial charge in [0.05, 0.1) is 20.0 Å². The van der Waals surface area contributed by atoms with E-state index < -0.39 is 50.6 Å². The standard InChI is InChI=1S/C3H12N6O6S3/c4-16(10,11)7-1-8(17(5,12)13)3-9(2-7)18(6,14)15/h1-3H2,(H2,4,10,11)(H2,5,12,13)(H2,6,14,15). The molecule has 1 heterocycles. The van der Waals surface area contributed by atoms with Gasteiger partial charge in [-0.05, 0) is 0 Å². The largest absolute Gasteiger partial charge is 0.279 e. The highest BCUT2D eigenvalue weighted by molar-refractivity contribution is 7.88. The summed E-state index contributed by atoms with van der Waals surface area (Å²) >= 11 is 0. The summed E-state index contributed by atoms with van der Waals surface area (Å²) < 4.78 is 67.8. The van der Waals surface area contributed by atoms with E-state index in [4.69, 9.17) is 15.4 Å². The maximum Gasteiger partial charge on any atom is 0.279 e. The Morgan fingerprint density at radius 1 is 0.556 bits per heavy atom. The van der Waals surface area contributed by atoms with Crippen molar-refractivity contribution in [3.63, 3.8) is 0 Å². The van der Waals surface area contributed by atoms with Crippen molar-refractivity contribution < 1.29 is 25.3 Å². The highest BCUT2D eigenvalue weighted by Gasteiger charge is 2.37. The fraction of sp³-hybridized carbons (Fsp3) is 1.00. The Bertz CT molecular complexity index is 525. The number of rotatable bonds is 3. The number of hydrogen-bond donors (Lipinski definition) is 3. The van der Waals surface area contributed by atoms with Gasteiger partial charge in [-0.15, -0.1) is 0 Å². The Hall–Kier alpha value is -0.390. The molecule has 0 aromatic heterocycles. The van der Waals surface area contributed by atoms with Gasteiger partial charge >= 0.3 is 0 Å². The fourth-order valence-corrected chi connectivity index (χ4v) is 3.17. The van der Waals surface area contributed by atoms with Gasteiger partial charge in [0.2, 0.25) is 0 Å². The maximum atomic E-state index is 11.1. The lowest BCUT2D eigenvalue weighted by molar-refractivity contribution is 0.127. The predicted octanol–water partition coefficient (Wildman–Crippen LogP) is -4.61. The molecule has 1 rings (SSSR count). The topological polar surface area (TPSA) is 190 Å². The molecule has 15 heteroatoms. The second-order valence-electron chi connectivity index (χ2n) is 3.41. The SMILES string of the molecule is NS(=O)(=O)N1CN(S(N)(=O)=O)CN(S(N)(=O)=O)C1. The first-order valence-electron chi connectivity index (χ1n) is 4.15. The van der Waals surface area contributed by atoms with E-state index in [1.165, 1.54) is 0 Å². The first-order valence-corrected chi connectivity index (χ1v) is 8.66. The maximum absolute atomic E-state index is 11.1.